The van der Waals surface area contributed by atoms with Crippen LogP contribution in [-0.2, 0) is 6.54 Å². The van der Waals surface area contributed by atoms with Gasteiger partial charge in [0.25, 0.3) is 0 Å². The maximum absolute atomic E-state index is 3.58. The van der Waals surface area contributed by atoms with E-state index in [0.29, 0.717) is 6.04 Å². The molecule has 1 aromatic rings. The smallest absolute Gasteiger partial charge is 0.0399 e. The van der Waals surface area contributed by atoms with Crippen LogP contribution in [0.15, 0.2) is 24.3 Å². The minimum Gasteiger partial charge on any atom is -0.383 e. The third kappa shape index (κ3) is 1.81. The molecule has 0 bridgehead atoms. The van der Waals surface area contributed by atoms with Gasteiger partial charge in [-0.25, -0.2) is 0 Å². The van der Waals surface area contributed by atoms with Crippen LogP contribution in [0.3, 0.4) is 0 Å². The standard InChI is InChI=1S/C13H19N3/c1-15-6-7-16-9-11-4-2-3-5-13(11)14-8-12(16)10-15/h2-5,12,14H,6-10H2,1H3/t12-/m1/s1. The van der Waals surface area contributed by atoms with Gasteiger partial charge in [0.15, 0.2) is 0 Å². The maximum Gasteiger partial charge on any atom is 0.0399 e. The van der Waals surface area contributed by atoms with Gasteiger partial charge in [-0.05, 0) is 18.7 Å². The van der Waals surface area contributed by atoms with Crippen LogP contribution in [0.2, 0.25) is 0 Å². The van der Waals surface area contributed by atoms with Gasteiger partial charge in [-0.2, -0.15) is 0 Å². The van der Waals surface area contributed by atoms with E-state index in [4.69, 9.17) is 0 Å². The highest BCUT2D eigenvalue weighted by atomic mass is 15.3. The average molecular weight is 217 g/mol. The number of rotatable bonds is 0. The molecule has 3 heteroatoms. The van der Waals surface area contributed by atoms with Crippen LogP contribution in [0, 0.1) is 0 Å². The van der Waals surface area contributed by atoms with Crippen LogP contribution >= 0.6 is 0 Å². The van der Waals surface area contributed by atoms with E-state index in [9.17, 15) is 0 Å². The van der Waals surface area contributed by atoms with E-state index in [1.54, 1.807) is 0 Å². The summed E-state index contributed by atoms with van der Waals surface area (Å²) < 4.78 is 0. The van der Waals surface area contributed by atoms with Crippen molar-refractivity contribution < 1.29 is 0 Å². The molecule has 0 amide bonds. The van der Waals surface area contributed by atoms with Gasteiger partial charge in [0.2, 0.25) is 0 Å². The maximum atomic E-state index is 3.58. The molecule has 0 aromatic heterocycles. The molecule has 2 heterocycles. The number of nitrogens with zero attached hydrogens (tertiary/aromatic N) is 2. The SMILES string of the molecule is CN1CCN2Cc3ccccc3NC[C@@H]2C1. The van der Waals surface area contributed by atoms with Gasteiger partial charge in [0.05, 0.1) is 0 Å². The molecule has 16 heavy (non-hydrogen) atoms. The van der Waals surface area contributed by atoms with Gasteiger partial charge in [0, 0.05) is 44.5 Å². The lowest BCUT2D eigenvalue weighted by atomic mass is 10.1. The van der Waals surface area contributed by atoms with Crippen LogP contribution in [0.1, 0.15) is 5.56 Å². The summed E-state index contributed by atoms with van der Waals surface area (Å²) in [5.41, 5.74) is 2.76. The first kappa shape index (κ1) is 10.1. The first-order valence-electron chi connectivity index (χ1n) is 6.07. The summed E-state index contributed by atoms with van der Waals surface area (Å²) in [4.78, 5) is 5.04. The van der Waals surface area contributed by atoms with Crippen molar-refractivity contribution >= 4 is 5.69 Å². The van der Waals surface area contributed by atoms with E-state index in [2.05, 4.69) is 46.4 Å². The van der Waals surface area contributed by atoms with E-state index in [1.165, 1.54) is 30.9 Å². The molecule has 0 saturated carbocycles. The summed E-state index contributed by atoms with van der Waals surface area (Å²) in [6.45, 7) is 5.74. The third-order valence-corrected chi connectivity index (χ3v) is 3.73. The van der Waals surface area contributed by atoms with Crippen LogP contribution in [-0.4, -0.2) is 49.1 Å². The summed E-state index contributed by atoms with van der Waals surface area (Å²) in [7, 11) is 2.22. The van der Waals surface area contributed by atoms with Crippen molar-refractivity contribution in [1.82, 2.24) is 9.80 Å². The zero-order chi connectivity index (χ0) is 11.0. The second-order valence-corrected chi connectivity index (χ2v) is 4.92. The predicted molar refractivity (Wildman–Crippen MR) is 66.6 cm³/mol. The van der Waals surface area contributed by atoms with Gasteiger partial charge in [0.1, 0.15) is 0 Å². The van der Waals surface area contributed by atoms with Crippen molar-refractivity contribution in [3.8, 4) is 0 Å². The Hall–Kier alpha value is -1.06. The number of para-hydroxylation sites is 1. The summed E-state index contributed by atoms with van der Waals surface area (Å²) >= 11 is 0. The van der Waals surface area contributed by atoms with Crippen molar-refractivity contribution in [2.75, 3.05) is 38.5 Å². The number of hydrogen-bond acceptors (Lipinski definition) is 3. The van der Waals surface area contributed by atoms with Gasteiger partial charge in [-0.1, -0.05) is 18.2 Å². The predicted octanol–water partition coefficient (Wildman–Crippen LogP) is 1.23. The lowest BCUT2D eigenvalue weighted by Gasteiger charge is -2.38. The molecule has 0 radical (unpaired) electrons. The normalized spacial score (nSPS) is 26.4. The fourth-order valence-corrected chi connectivity index (χ4v) is 2.73. The number of benzene rings is 1. The molecular formula is C13H19N3. The summed E-state index contributed by atoms with van der Waals surface area (Å²) in [6, 6.07) is 9.34. The first-order valence-corrected chi connectivity index (χ1v) is 6.07. The third-order valence-electron chi connectivity index (χ3n) is 3.73. The number of fused-ring (bicyclic) bond motifs is 2. The van der Waals surface area contributed by atoms with Crippen LogP contribution in [0.25, 0.3) is 0 Å². The molecule has 3 rings (SSSR count). The second-order valence-electron chi connectivity index (χ2n) is 4.92. The highest BCUT2D eigenvalue weighted by molar-refractivity contribution is 5.52. The minimum absolute atomic E-state index is 0.658. The van der Waals surface area contributed by atoms with E-state index in [1.807, 2.05) is 0 Å². The van der Waals surface area contributed by atoms with E-state index < -0.39 is 0 Å². The molecule has 1 N–H and O–H groups in total. The monoisotopic (exact) mass is 217 g/mol. The Bertz CT molecular complexity index is 377. The number of likely N-dealkylation sites (N-methyl/N-ethyl adjacent to an activating group) is 1. The average Bonchev–Trinajstić information content (AvgIpc) is 2.48. The molecule has 0 unspecified atom stereocenters. The van der Waals surface area contributed by atoms with Crippen LogP contribution in [0.5, 0.6) is 0 Å². The quantitative estimate of drug-likeness (QED) is 0.705. The number of nitrogens with one attached hydrogen (secondary N) is 1. The molecule has 0 aliphatic carbocycles. The molecule has 1 fully saturated rings. The van der Waals surface area contributed by atoms with E-state index in [0.717, 1.165) is 13.1 Å². The molecule has 1 saturated heterocycles. The Morgan fingerprint density at radius 2 is 2.12 bits per heavy atom. The van der Waals surface area contributed by atoms with E-state index in [-0.39, 0.29) is 0 Å². The first-order chi connectivity index (χ1) is 7.83. The topological polar surface area (TPSA) is 18.5 Å². The fourth-order valence-electron chi connectivity index (χ4n) is 2.73. The van der Waals surface area contributed by atoms with Gasteiger partial charge >= 0.3 is 0 Å². The Morgan fingerprint density at radius 1 is 1.25 bits per heavy atom. The number of anilines is 1. The molecular weight excluding hydrogens is 198 g/mol. The second kappa shape index (κ2) is 4.07. The number of piperazine rings is 1. The molecule has 86 valence electrons. The van der Waals surface area contributed by atoms with Crippen molar-refractivity contribution in [3.05, 3.63) is 29.8 Å². The van der Waals surface area contributed by atoms with Crippen molar-refractivity contribution in [2.24, 2.45) is 0 Å². The van der Waals surface area contributed by atoms with Crippen LogP contribution in [0.4, 0.5) is 5.69 Å². The summed E-state index contributed by atoms with van der Waals surface area (Å²) in [5.74, 6) is 0. The van der Waals surface area contributed by atoms with Gasteiger partial charge in [-0.15, -0.1) is 0 Å². The van der Waals surface area contributed by atoms with Crippen molar-refractivity contribution in [2.45, 2.75) is 12.6 Å². The summed E-state index contributed by atoms with van der Waals surface area (Å²) in [6.07, 6.45) is 0. The largest absolute Gasteiger partial charge is 0.383 e. The van der Waals surface area contributed by atoms with Crippen molar-refractivity contribution in [1.29, 1.82) is 0 Å². The minimum atomic E-state index is 0.658. The zero-order valence-corrected chi connectivity index (χ0v) is 9.82. The Morgan fingerprint density at radius 3 is 3.06 bits per heavy atom. The van der Waals surface area contributed by atoms with Gasteiger partial charge in [-0.3, -0.25) is 4.90 Å². The zero-order valence-electron chi connectivity index (χ0n) is 9.82. The lowest BCUT2D eigenvalue weighted by Crippen LogP contribution is -2.53. The molecule has 1 atom stereocenters. The van der Waals surface area contributed by atoms with Crippen molar-refractivity contribution in [3.63, 3.8) is 0 Å². The highest BCUT2D eigenvalue weighted by Crippen LogP contribution is 2.23. The highest BCUT2D eigenvalue weighted by Gasteiger charge is 2.27. The molecule has 2 aliphatic rings. The Kier molecular flexibility index (Phi) is 2.58. The van der Waals surface area contributed by atoms with E-state index >= 15 is 0 Å². The molecule has 0 spiro atoms. The van der Waals surface area contributed by atoms with Crippen LogP contribution < -0.4 is 5.32 Å². The molecule has 3 nitrogen and oxygen atoms in total. The summed E-state index contributed by atoms with van der Waals surface area (Å²) in [5, 5.41) is 3.58. The molecule has 1 aromatic carbocycles. The Labute approximate surface area is 97.0 Å². The van der Waals surface area contributed by atoms with Gasteiger partial charge < -0.3 is 10.2 Å². The Balaban J connectivity index is 1.84. The fraction of sp³-hybridized carbons (Fsp3) is 0.538. The lowest BCUT2D eigenvalue weighted by molar-refractivity contribution is 0.0930. The number of hydrogen-bond donors (Lipinski definition) is 1. The molecule has 2 aliphatic heterocycles.